The third kappa shape index (κ3) is 4.88. The molecule has 1 N–H and O–H groups in total. The second kappa shape index (κ2) is 10.8. The first-order valence-corrected chi connectivity index (χ1v) is 12.8. The Morgan fingerprint density at radius 1 is 1.06 bits per heavy atom. The standard InChI is InChI=1S/C28H33N3O5/c1-35-25-10-4-3-9-22(25)24(30-13-5-2-6-14-30)17-29-26(32)19-11-12-21-23(16-19)28(34)31(27(21)33)18-20-8-7-15-36-20/h3-4,9-12,16,20,24H,2,5-8,13-15,17-18H2,1H3,(H,29,32)/t20-,24+/m1/s1. The third-order valence-electron chi connectivity index (χ3n) is 7.43. The molecule has 2 saturated heterocycles. The molecule has 0 unspecified atom stereocenters. The van der Waals surface area contributed by atoms with E-state index < -0.39 is 0 Å². The highest BCUT2D eigenvalue weighted by Crippen LogP contribution is 2.31. The third-order valence-corrected chi connectivity index (χ3v) is 7.43. The second-order valence-electron chi connectivity index (χ2n) is 9.68. The molecule has 0 aliphatic carbocycles. The van der Waals surface area contributed by atoms with Gasteiger partial charge < -0.3 is 14.8 Å². The van der Waals surface area contributed by atoms with E-state index in [1.807, 2.05) is 24.3 Å². The largest absolute Gasteiger partial charge is 0.496 e. The number of nitrogens with zero attached hydrogens (tertiary/aromatic N) is 2. The summed E-state index contributed by atoms with van der Waals surface area (Å²) in [5.74, 6) is -0.151. The SMILES string of the molecule is COc1ccccc1[C@H](CNC(=O)c1ccc2c(c1)C(=O)N(C[C@H]1CCCO1)C2=O)N1CCCCC1. The lowest BCUT2D eigenvalue weighted by atomic mass is 10.00. The Morgan fingerprint density at radius 2 is 1.83 bits per heavy atom. The smallest absolute Gasteiger partial charge is 0.261 e. The van der Waals surface area contributed by atoms with E-state index in [9.17, 15) is 14.4 Å². The molecule has 0 aromatic heterocycles. The van der Waals surface area contributed by atoms with Gasteiger partial charge in [-0.05, 0) is 63.0 Å². The summed E-state index contributed by atoms with van der Waals surface area (Å²) >= 11 is 0. The summed E-state index contributed by atoms with van der Waals surface area (Å²) in [4.78, 5) is 42.6. The minimum atomic E-state index is -0.361. The molecule has 36 heavy (non-hydrogen) atoms. The number of nitrogens with one attached hydrogen (secondary N) is 1. The zero-order valence-electron chi connectivity index (χ0n) is 20.7. The summed E-state index contributed by atoms with van der Waals surface area (Å²) in [6, 6.07) is 12.6. The predicted molar refractivity (Wildman–Crippen MR) is 134 cm³/mol. The molecular formula is C28H33N3O5. The van der Waals surface area contributed by atoms with E-state index >= 15 is 0 Å². The van der Waals surface area contributed by atoms with Gasteiger partial charge in [0.15, 0.2) is 0 Å². The Bertz CT molecular complexity index is 1140. The fraction of sp³-hybridized carbons (Fsp3) is 0.464. The highest BCUT2D eigenvalue weighted by molar-refractivity contribution is 6.22. The average molecular weight is 492 g/mol. The number of carbonyl (C=O) groups excluding carboxylic acids is 3. The number of piperidine rings is 1. The van der Waals surface area contributed by atoms with Gasteiger partial charge in [-0.3, -0.25) is 24.2 Å². The maximum absolute atomic E-state index is 13.2. The van der Waals surface area contributed by atoms with Crippen molar-refractivity contribution in [3.05, 3.63) is 64.7 Å². The summed E-state index contributed by atoms with van der Waals surface area (Å²) in [6.07, 6.45) is 5.13. The second-order valence-corrected chi connectivity index (χ2v) is 9.68. The van der Waals surface area contributed by atoms with E-state index in [4.69, 9.17) is 9.47 Å². The molecule has 0 radical (unpaired) electrons. The monoisotopic (exact) mass is 491 g/mol. The molecule has 0 saturated carbocycles. The highest BCUT2D eigenvalue weighted by Gasteiger charge is 2.38. The van der Waals surface area contributed by atoms with E-state index in [0.717, 1.165) is 50.1 Å². The fourth-order valence-corrected chi connectivity index (χ4v) is 5.49. The van der Waals surface area contributed by atoms with E-state index in [0.29, 0.717) is 24.3 Å². The Balaban J connectivity index is 1.31. The van der Waals surface area contributed by atoms with Crippen molar-refractivity contribution in [1.82, 2.24) is 15.1 Å². The van der Waals surface area contributed by atoms with Crippen LogP contribution in [0.15, 0.2) is 42.5 Å². The molecule has 2 fully saturated rings. The summed E-state index contributed by atoms with van der Waals surface area (Å²) in [6.45, 7) is 3.26. The molecule has 3 aliphatic rings. The number of imide groups is 1. The summed E-state index contributed by atoms with van der Waals surface area (Å²) in [7, 11) is 1.66. The number of rotatable bonds is 8. The maximum Gasteiger partial charge on any atom is 0.261 e. The van der Waals surface area contributed by atoms with Crippen LogP contribution in [0.25, 0.3) is 0 Å². The van der Waals surface area contributed by atoms with Gasteiger partial charge in [-0.2, -0.15) is 0 Å². The number of methoxy groups -OCH3 is 1. The molecule has 2 atom stereocenters. The van der Waals surface area contributed by atoms with Gasteiger partial charge in [0.05, 0.1) is 36.9 Å². The normalized spacial score (nSPS) is 20.9. The quantitative estimate of drug-likeness (QED) is 0.570. The van der Waals surface area contributed by atoms with Crippen LogP contribution in [-0.2, 0) is 4.74 Å². The Hall–Kier alpha value is -3.23. The number of ether oxygens (including phenoxy) is 2. The lowest BCUT2D eigenvalue weighted by Gasteiger charge is -2.35. The van der Waals surface area contributed by atoms with Crippen LogP contribution in [0.1, 0.15) is 74.8 Å². The van der Waals surface area contributed by atoms with E-state index in [1.165, 1.54) is 11.3 Å². The van der Waals surface area contributed by atoms with Crippen molar-refractivity contribution in [1.29, 1.82) is 0 Å². The molecule has 5 rings (SSSR count). The lowest BCUT2D eigenvalue weighted by molar-refractivity contribution is 0.0475. The zero-order chi connectivity index (χ0) is 25.1. The minimum Gasteiger partial charge on any atom is -0.496 e. The van der Waals surface area contributed by atoms with Crippen molar-refractivity contribution in [3.63, 3.8) is 0 Å². The van der Waals surface area contributed by atoms with Gasteiger partial charge in [-0.25, -0.2) is 0 Å². The zero-order valence-corrected chi connectivity index (χ0v) is 20.7. The van der Waals surface area contributed by atoms with Gasteiger partial charge in [0, 0.05) is 24.3 Å². The van der Waals surface area contributed by atoms with Gasteiger partial charge in [-0.1, -0.05) is 24.6 Å². The van der Waals surface area contributed by atoms with Crippen LogP contribution < -0.4 is 10.1 Å². The molecule has 2 aromatic carbocycles. The Kier molecular flexibility index (Phi) is 7.34. The van der Waals surface area contributed by atoms with E-state index in [2.05, 4.69) is 10.2 Å². The minimum absolute atomic E-state index is 0.0232. The lowest BCUT2D eigenvalue weighted by Crippen LogP contribution is -2.40. The highest BCUT2D eigenvalue weighted by atomic mass is 16.5. The van der Waals surface area contributed by atoms with Crippen LogP contribution in [0.3, 0.4) is 0 Å². The molecule has 8 heteroatoms. The van der Waals surface area contributed by atoms with Crippen LogP contribution in [0.4, 0.5) is 0 Å². The molecule has 190 valence electrons. The first-order valence-electron chi connectivity index (χ1n) is 12.8. The Morgan fingerprint density at radius 3 is 2.58 bits per heavy atom. The number of hydrogen-bond acceptors (Lipinski definition) is 6. The van der Waals surface area contributed by atoms with Gasteiger partial charge in [0.1, 0.15) is 5.75 Å². The van der Waals surface area contributed by atoms with Crippen molar-refractivity contribution < 1.29 is 23.9 Å². The molecule has 3 amide bonds. The summed E-state index contributed by atoms with van der Waals surface area (Å²) in [5, 5.41) is 3.07. The predicted octanol–water partition coefficient (Wildman–Crippen LogP) is 3.43. The first kappa shape index (κ1) is 24.5. The summed E-state index contributed by atoms with van der Waals surface area (Å²) in [5.41, 5.74) is 2.03. The van der Waals surface area contributed by atoms with Crippen molar-refractivity contribution in [2.45, 2.75) is 44.2 Å². The number of carbonyl (C=O) groups is 3. The molecular weight excluding hydrogens is 458 g/mol. The Labute approximate surface area is 211 Å². The number of fused-ring (bicyclic) bond motifs is 1. The van der Waals surface area contributed by atoms with Crippen LogP contribution >= 0.6 is 0 Å². The number of benzene rings is 2. The van der Waals surface area contributed by atoms with Crippen molar-refractivity contribution in [2.75, 3.05) is 39.9 Å². The van der Waals surface area contributed by atoms with Gasteiger partial charge in [-0.15, -0.1) is 0 Å². The van der Waals surface area contributed by atoms with E-state index in [1.54, 1.807) is 25.3 Å². The molecule has 2 aromatic rings. The van der Waals surface area contributed by atoms with Crippen LogP contribution in [0, 0.1) is 0 Å². The van der Waals surface area contributed by atoms with Gasteiger partial charge in [0.2, 0.25) is 0 Å². The molecule has 8 nitrogen and oxygen atoms in total. The van der Waals surface area contributed by atoms with Gasteiger partial charge in [0.25, 0.3) is 17.7 Å². The fourth-order valence-electron chi connectivity index (χ4n) is 5.49. The van der Waals surface area contributed by atoms with Gasteiger partial charge >= 0.3 is 0 Å². The van der Waals surface area contributed by atoms with Crippen molar-refractivity contribution in [2.24, 2.45) is 0 Å². The number of likely N-dealkylation sites (tertiary alicyclic amines) is 1. The molecule has 3 aliphatic heterocycles. The molecule has 0 spiro atoms. The summed E-state index contributed by atoms with van der Waals surface area (Å²) < 4.78 is 11.2. The molecule has 3 heterocycles. The average Bonchev–Trinajstić information content (AvgIpc) is 3.52. The number of hydrogen-bond donors (Lipinski definition) is 1. The maximum atomic E-state index is 13.2. The van der Waals surface area contributed by atoms with Crippen molar-refractivity contribution >= 4 is 17.7 Å². The van der Waals surface area contributed by atoms with Crippen LogP contribution in [-0.4, -0.2) is 73.5 Å². The van der Waals surface area contributed by atoms with Crippen molar-refractivity contribution in [3.8, 4) is 5.75 Å². The number of amides is 3. The van der Waals surface area contributed by atoms with Crippen LogP contribution in [0.5, 0.6) is 5.75 Å². The molecule has 0 bridgehead atoms. The van der Waals surface area contributed by atoms with E-state index in [-0.39, 0.29) is 42.0 Å². The number of para-hydroxylation sites is 1. The topological polar surface area (TPSA) is 88.2 Å². The van der Waals surface area contributed by atoms with Crippen LogP contribution in [0.2, 0.25) is 0 Å². The first-order chi connectivity index (χ1) is 17.6.